The Bertz CT molecular complexity index is 419. The second-order valence-electron chi connectivity index (χ2n) is 4.89. The lowest BCUT2D eigenvalue weighted by Crippen LogP contribution is -2.45. The minimum Gasteiger partial charge on any atom is -0.382 e. The maximum absolute atomic E-state index is 11.3. The van der Waals surface area contributed by atoms with Crippen LogP contribution in [0.5, 0.6) is 0 Å². The lowest BCUT2D eigenvalue weighted by Gasteiger charge is -2.36. The lowest BCUT2D eigenvalue weighted by molar-refractivity contribution is -0.124. The molecule has 0 radical (unpaired) electrons. The summed E-state index contributed by atoms with van der Waals surface area (Å²) < 4.78 is 0. The molecule has 1 amide bonds. The van der Waals surface area contributed by atoms with E-state index >= 15 is 0 Å². The molecule has 6 nitrogen and oxygen atoms in total. The van der Waals surface area contributed by atoms with Gasteiger partial charge in [0.05, 0.1) is 24.0 Å². The van der Waals surface area contributed by atoms with Gasteiger partial charge in [-0.2, -0.15) is 0 Å². The summed E-state index contributed by atoms with van der Waals surface area (Å²) in [6.45, 7) is 3.53. The number of nitrogens with two attached hydrogens (primary N) is 2. The fourth-order valence-electron chi connectivity index (χ4n) is 2.29. The Hall–Kier alpha value is -1.69. The first-order chi connectivity index (χ1) is 8.56. The van der Waals surface area contributed by atoms with E-state index in [4.69, 9.17) is 11.5 Å². The number of aromatic nitrogens is 2. The molecule has 2 unspecified atom stereocenters. The van der Waals surface area contributed by atoms with E-state index < -0.39 is 0 Å². The van der Waals surface area contributed by atoms with Gasteiger partial charge < -0.3 is 11.5 Å². The van der Waals surface area contributed by atoms with Crippen LogP contribution < -0.4 is 11.5 Å². The van der Waals surface area contributed by atoms with E-state index in [2.05, 4.69) is 21.8 Å². The van der Waals surface area contributed by atoms with Crippen molar-refractivity contribution >= 4 is 11.7 Å². The monoisotopic (exact) mass is 249 g/mol. The minimum absolute atomic E-state index is 0.0528. The van der Waals surface area contributed by atoms with E-state index in [1.165, 1.54) is 0 Å². The van der Waals surface area contributed by atoms with Crippen LogP contribution in [0, 0.1) is 5.92 Å². The lowest BCUT2D eigenvalue weighted by atomic mass is 9.93. The largest absolute Gasteiger partial charge is 0.382 e. The number of nitrogens with zero attached hydrogens (tertiary/aromatic N) is 3. The number of piperidine rings is 1. The number of anilines is 1. The molecule has 6 heteroatoms. The first-order valence-electron chi connectivity index (χ1n) is 6.16. The number of carbonyl (C=O) groups excluding carboxylic acids is 1. The van der Waals surface area contributed by atoms with Crippen molar-refractivity contribution in [1.82, 2.24) is 14.9 Å². The highest BCUT2D eigenvalue weighted by molar-refractivity contribution is 5.76. The summed E-state index contributed by atoms with van der Waals surface area (Å²) in [5.74, 6) is 0.152. The van der Waals surface area contributed by atoms with Crippen LogP contribution in [-0.4, -0.2) is 33.4 Å². The van der Waals surface area contributed by atoms with Crippen LogP contribution in [-0.2, 0) is 11.3 Å². The Kier molecular flexibility index (Phi) is 3.76. The first kappa shape index (κ1) is 12.8. The number of rotatable bonds is 3. The second kappa shape index (κ2) is 5.30. The van der Waals surface area contributed by atoms with Crippen LogP contribution in [0.4, 0.5) is 5.82 Å². The molecule has 1 saturated heterocycles. The summed E-state index contributed by atoms with van der Waals surface area (Å²) in [4.78, 5) is 21.7. The molecular weight excluding hydrogens is 230 g/mol. The van der Waals surface area contributed by atoms with Gasteiger partial charge in [0.1, 0.15) is 5.82 Å². The smallest absolute Gasteiger partial charge is 0.221 e. The molecule has 2 atom stereocenters. The number of primary amides is 1. The number of likely N-dealkylation sites (tertiary alicyclic amines) is 1. The minimum atomic E-state index is -0.213. The van der Waals surface area contributed by atoms with Gasteiger partial charge in [0, 0.05) is 19.1 Å². The molecule has 1 aromatic rings. The second-order valence-corrected chi connectivity index (χ2v) is 4.89. The van der Waals surface area contributed by atoms with E-state index in [9.17, 15) is 4.79 Å². The van der Waals surface area contributed by atoms with Crippen LogP contribution in [0.3, 0.4) is 0 Å². The number of hydrogen-bond donors (Lipinski definition) is 2. The fourth-order valence-corrected chi connectivity index (χ4v) is 2.29. The average Bonchev–Trinajstić information content (AvgIpc) is 2.34. The summed E-state index contributed by atoms with van der Waals surface area (Å²) in [6, 6.07) is 0.431. The molecule has 0 aliphatic carbocycles. The third kappa shape index (κ3) is 2.95. The van der Waals surface area contributed by atoms with Crippen LogP contribution in [0.15, 0.2) is 12.4 Å². The van der Waals surface area contributed by atoms with Gasteiger partial charge >= 0.3 is 0 Å². The van der Waals surface area contributed by atoms with Gasteiger partial charge in [0.2, 0.25) is 5.91 Å². The molecule has 1 aromatic heterocycles. The zero-order valence-electron chi connectivity index (χ0n) is 10.5. The molecule has 98 valence electrons. The molecule has 1 fully saturated rings. The molecule has 4 N–H and O–H groups in total. The molecule has 0 bridgehead atoms. The predicted octanol–water partition coefficient (Wildman–Crippen LogP) is 0.145. The van der Waals surface area contributed by atoms with Crippen LogP contribution in [0.1, 0.15) is 25.5 Å². The van der Waals surface area contributed by atoms with Gasteiger partial charge in [-0.15, -0.1) is 0 Å². The summed E-state index contributed by atoms with van der Waals surface area (Å²) in [5, 5.41) is 0. The number of nitrogen functional groups attached to an aromatic ring is 1. The van der Waals surface area contributed by atoms with Crippen molar-refractivity contribution in [2.75, 3.05) is 12.3 Å². The van der Waals surface area contributed by atoms with Gasteiger partial charge in [0.25, 0.3) is 0 Å². The van der Waals surface area contributed by atoms with Crippen LogP contribution in [0.2, 0.25) is 0 Å². The molecule has 1 aliphatic rings. The first-order valence-corrected chi connectivity index (χ1v) is 6.16. The topological polar surface area (TPSA) is 98.1 Å². The maximum Gasteiger partial charge on any atom is 0.221 e. The van der Waals surface area contributed by atoms with E-state index in [0.717, 1.165) is 18.5 Å². The molecule has 2 rings (SSSR count). The third-order valence-electron chi connectivity index (χ3n) is 3.50. The fraction of sp³-hybridized carbons (Fsp3) is 0.583. The molecule has 1 aliphatic heterocycles. The Morgan fingerprint density at radius 2 is 2.22 bits per heavy atom. The standard InChI is InChI=1S/C12H19N5O/c1-8-2-3-9(12(14)18)6-17(8)7-10-4-16-11(13)5-15-10/h4-5,8-9H,2-3,6-7H2,1H3,(H2,13,16)(H2,14,18). The molecular formula is C12H19N5O. The Balaban J connectivity index is 2.02. The number of carbonyl (C=O) groups is 1. The van der Waals surface area contributed by atoms with E-state index in [0.29, 0.717) is 24.9 Å². The Morgan fingerprint density at radius 3 is 2.83 bits per heavy atom. The van der Waals surface area contributed by atoms with Gasteiger partial charge in [-0.1, -0.05) is 0 Å². The van der Waals surface area contributed by atoms with Gasteiger partial charge in [-0.25, -0.2) is 4.98 Å². The van der Waals surface area contributed by atoms with E-state index in [1.807, 2.05) is 0 Å². The predicted molar refractivity (Wildman–Crippen MR) is 68.2 cm³/mol. The quantitative estimate of drug-likeness (QED) is 0.794. The Morgan fingerprint density at radius 1 is 1.44 bits per heavy atom. The summed E-state index contributed by atoms with van der Waals surface area (Å²) >= 11 is 0. The number of hydrogen-bond acceptors (Lipinski definition) is 5. The molecule has 0 spiro atoms. The van der Waals surface area contributed by atoms with Crippen molar-refractivity contribution in [1.29, 1.82) is 0 Å². The van der Waals surface area contributed by atoms with Crippen molar-refractivity contribution in [2.24, 2.45) is 11.7 Å². The SMILES string of the molecule is CC1CCC(C(N)=O)CN1Cc1cnc(N)cn1. The molecule has 0 saturated carbocycles. The van der Waals surface area contributed by atoms with E-state index in [1.54, 1.807) is 12.4 Å². The van der Waals surface area contributed by atoms with Crippen LogP contribution in [0.25, 0.3) is 0 Å². The van der Waals surface area contributed by atoms with Crippen molar-refractivity contribution < 1.29 is 4.79 Å². The highest BCUT2D eigenvalue weighted by Gasteiger charge is 2.28. The normalized spacial score (nSPS) is 24.9. The van der Waals surface area contributed by atoms with Crippen molar-refractivity contribution in [3.05, 3.63) is 18.1 Å². The van der Waals surface area contributed by atoms with Gasteiger partial charge in [-0.05, 0) is 19.8 Å². The highest BCUT2D eigenvalue weighted by atomic mass is 16.1. The van der Waals surface area contributed by atoms with E-state index in [-0.39, 0.29) is 11.8 Å². The highest BCUT2D eigenvalue weighted by Crippen LogP contribution is 2.22. The van der Waals surface area contributed by atoms with Gasteiger partial charge in [0.15, 0.2) is 0 Å². The van der Waals surface area contributed by atoms with Gasteiger partial charge in [-0.3, -0.25) is 14.7 Å². The average molecular weight is 249 g/mol. The summed E-state index contributed by atoms with van der Waals surface area (Å²) in [7, 11) is 0. The van der Waals surface area contributed by atoms with Crippen molar-refractivity contribution in [3.63, 3.8) is 0 Å². The van der Waals surface area contributed by atoms with Crippen molar-refractivity contribution in [3.8, 4) is 0 Å². The number of amides is 1. The Labute approximate surface area is 106 Å². The zero-order chi connectivity index (χ0) is 13.1. The van der Waals surface area contributed by atoms with Crippen LogP contribution >= 0.6 is 0 Å². The molecule has 18 heavy (non-hydrogen) atoms. The van der Waals surface area contributed by atoms with Crippen molar-refractivity contribution in [2.45, 2.75) is 32.4 Å². The summed E-state index contributed by atoms with van der Waals surface area (Å²) in [5.41, 5.74) is 11.7. The molecule has 0 aromatic carbocycles. The zero-order valence-corrected chi connectivity index (χ0v) is 10.5. The maximum atomic E-state index is 11.3. The molecule has 2 heterocycles. The summed E-state index contributed by atoms with van der Waals surface area (Å²) in [6.07, 6.45) is 5.09. The third-order valence-corrected chi connectivity index (χ3v) is 3.50.